The van der Waals surface area contributed by atoms with Gasteiger partial charge in [0.15, 0.2) is 0 Å². The summed E-state index contributed by atoms with van der Waals surface area (Å²) in [5, 5.41) is 0. The van der Waals surface area contributed by atoms with Crippen LogP contribution in [-0.2, 0) is 14.8 Å². The number of carbonyl (C=O) groups is 1. The Labute approximate surface area is 105 Å². The quantitative estimate of drug-likeness (QED) is 0.592. The highest BCUT2D eigenvalue weighted by Gasteiger charge is 2.17. The van der Waals surface area contributed by atoms with Gasteiger partial charge in [0.25, 0.3) is 0 Å². The lowest BCUT2D eigenvalue weighted by Crippen LogP contribution is -2.33. The first-order valence-electron chi connectivity index (χ1n) is 5.03. The van der Waals surface area contributed by atoms with Crippen molar-refractivity contribution in [2.75, 3.05) is 13.1 Å². The van der Waals surface area contributed by atoms with E-state index >= 15 is 0 Å². The first-order valence-corrected chi connectivity index (χ1v) is 6.51. The maximum absolute atomic E-state index is 11.9. The second-order valence-electron chi connectivity index (χ2n) is 3.29. The van der Waals surface area contributed by atoms with Crippen LogP contribution >= 0.6 is 0 Å². The summed E-state index contributed by atoms with van der Waals surface area (Å²) >= 11 is 0. The molecule has 0 saturated carbocycles. The predicted octanol–water partition coefficient (Wildman–Crippen LogP) is -1.24. The lowest BCUT2D eigenvalue weighted by atomic mass is 10.2. The van der Waals surface area contributed by atoms with E-state index in [1.807, 2.05) is 0 Å². The SMILES string of the molecule is NCC#Cc1ccccc1S(=O)(=O)NCC(N)=O. The third-order valence-electron chi connectivity index (χ3n) is 1.94. The molecule has 0 radical (unpaired) electrons. The molecule has 1 rings (SSSR count). The summed E-state index contributed by atoms with van der Waals surface area (Å²) in [4.78, 5) is 10.6. The third kappa shape index (κ3) is 3.85. The first kappa shape index (κ1) is 14.2. The third-order valence-corrected chi connectivity index (χ3v) is 3.40. The molecule has 1 amide bonds. The molecule has 0 aliphatic rings. The summed E-state index contributed by atoms with van der Waals surface area (Å²) in [6, 6.07) is 6.17. The number of amides is 1. The highest BCUT2D eigenvalue weighted by molar-refractivity contribution is 7.89. The monoisotopic (exact) mass is 267 g/mol. The smallest absolute Gasteiger partial charge is 0.242 e. The van der Waals surface area contributed by atoms with Crippen LogP contribution in [0.5, 0.6) is 0 Å². The number of nitrogens with one attached hydrogen (secondary N) is 1. The second kappa shape index (κ2) is 6.16. The van der Waals surface area contributed by atoms with Crippen molar-refractivity contribution in [2.45, 2.75) is 4.90 Å². The van der Waals surface area contributed by atoms with Crippen molar-refractivity contribution < 1.29 is 13.2 Å². The zero-order valence-corrected chi connectivity index (χ0v) is 10.3. The van der Waals surface area contributed by atoms with Crippen LogP contribution in [0.25, 0.3) is 0 Å². The molecule has 0 aliphatic carbocycles. The highest BCUT2D eigenvalue weighted by Crippen LogP contribution is 2.13. The Hall–Kier alpha value is -1.88. The van der Waals surface area contributed by atoms with Crippen molar-refractivity contribution in [3.63, 3.8) is 0 Å². The van der Waals surface area contributed by atoms with Gasteiger partial charge in [-0.15, -0.1) is 0 Å². The number of nitrogens with two attached hydrogens (primary N) is 2. The van der Waals surface area contributed by atoms with Crippen molar-refractivity contribution in [3.05, 3.63) is 29.8 Å². The summed E-state index contributed by atoms with van der Waals surface area (Å²) in [7, 11) is -3.81. The second-order valence-corrected chi connectivity index (χ2v) is 5.03. The Balaban J connectivity index is 3.12. The Morgan fingerprint density at radius 2 is 2.00 bits per heavy atom. The van der Waals surface area contributed by atoms with Gasteiger partial charge >= 0.3 is 0 Å². The Morgan fingerprint density at radius 3 is 2.61 bits per heavy atom. The fraction of sp³-hybridized carbons (Fsp3) is 0.182. The fourth-order valence-corrected chi connectivity index (χ4v) is 2.35. The maximum Gasteiger partial charge on any atom is 0.242 e. The predicted molar refractivity (Wildman–Crippen MR) is 66.8 cm³/mol. The van der Waals surface area contributed by atoms with Crippen molar-refractivity contribution >= 4 is 15.9 Å². The van der Waals surface area contributed by atoms with E-state index in [4.69, 9.17) is 11.5 Å². The molecule has 6 nitrogen and oxygen atoms in total. The molecule has 0 aliphatic heterocycles. The van der Waals surface area contributed by atoms with Crippen LogP contribution in [0.4, 0.5) is 0 Å². The van der Waals surface area contributed by atoms with Gasteiger partial charge in [0.2, 0.25) is 15.9 Å². The maximum atomic E-state index is 11.9. The average molecular weight is 267 g/mol. The number of benzene rings is 1. The van der Waals surface area contributed by atoms with Crippen molar-refractivity contribution in [1.29, 1.82) is 0 Å². The standard InChI is InChI=1S/C11H13N3O3S/c12-7-3-5-9-4-1-2-6-10(9)18(16,17)14-8-11(13)15/h1-2,4,6,14H,7-8,12H2,(H2,13,15). The zero-order chi connectivity index (χ0) is 13.6. The summed E-state index contributed by atoms with van der Waals surface area (Å²) < 4.78 is 25.9. The molecule has 1 aromatic carbocycles. The molecule has 0 spiro atoms. The lowest BCUT2D eigenvalue weighted by Gasteiger charge is -2.06. The van der Waals surface area contributed by atoms with E-state index in [-0.39, 0.29) is 11.4 Å². The molecular weight excluding hydrogens is 254 g/mol. The van der Waals surface area contributed by atoms with Crippen molar-refractivity contribution in [2.24, 2.45) is 11.5 Å². The molecule has 0 unspecified atom stereocenters. The Morgan fingerprint density at radius 1 is 1.33 bits per heavy atom. The van der Waals surface area contributed by atoms with Crippen LogP contribution < -0.4 is 16.2 Å². The normalized spacial score (nSPS) is 10.5. The van der Waals surface area contributed by atoms with Gasteiger partial charge < -0.3 is 11.5 Å². The van der Waals surface area contributed by atoms with Crippen LogP contribution in [0.1, 0.15) is 5.56 Å². The van der Waals surface area contributed by atoms with Crippen molar-refractivity contribution in [3.8, 4) is 11.8 Å². The van der Waals surface area contributed by atoms with Gasteiger partial charge in [-0.05, 0) is 12.1 Å². The van der Waals surface area contributed by atoms with Crippen LogP contribution in [0.2, 0.25) is 0 Å². The van der Waals surface area contributed by atoms with Gasteiger partial charge in [0, 0.05) is 5.56 Å². The van der Waals surface area contributed by atoms with E-state index in [1.54, 1.807) is 18.2 Å². The Bertz CT molecular complexity index is 599. The van der Waals surface area contributed by atoms with Crippen LogP contribution in [0.15, 0.2) is 29.2 Å². The summed E-state index contributed by atoms with van der Waals surface area (Å²) in [5.41, 5.74) is 10.4. The summed E-state index contributed by atoms with van der Waals surface area (Å²) in [5.74, 6) is 4.47. The topological polar surface area (TPSA) is 115 Å². The van der Waals surface area contributed by atoms with Gasteiger partial charge in [-0.2, -0.15) is 0 Å². The fourth-order valence-electron chi connectivity index (χ4n) is 1.19. The molecule has 96 valence electrons. The van der Waals surface area contributed by atoms with E-state index in [2.05, 4.69) is 16.6 Å². The van der Waals surface area contributed by atoms with E-state index in [1.165, 1.54) is 6.07 Å². The summed E-state index contributed by atoms with van der Waals surface area (Å²) in [6.45, 7) is -0.329. The van der Waals surface area contributed by atoms with Gasteiger partial charge in [0.05, 0.1) is 18.0 Å². The first-order chi connectivity index (χ1) is 8.47. The molecule has 7 heteroatoms. The Kier molecular flexibility index (Phi) is 4.85. The van der Waals surface area contributed by atoms with E-state index in [0.29, 0.717) is 5.56 Å². The van der Waals surface area contributed by atoms with E-state index in [0.717, 1.165) is 0 Å². The minimum absolute atomic E-state index is 0.00722. The number of hydrogen-bond donors (Lipinski definition) is 3. The van der Waals surface area contributed by atoms with Gasteiger partial charge in [0.1, 0.15) is 0 Å². The van der Waals surface area contributed by atoms with Gasteiger partial charge in [-0.1, -0.05) is 24.0 Å². The molecule has 0 heterocycles. The molecule has 1 aromatic rings. The molecule has 0 bridgehead atoms. The van der Waals surface area contributed by atoms with Gasteiger partial charge in [-0.25, -0.2) is 13.1 Å². The minimum atomic E-state index is -3.81. The molecular formula is C11H13N3O3S. The zero-order valence-electron chi connectivity index (χ0n) is 9.51. The number of hydrogen-bond acceptors (Lipinski definition) is 4. The van der Waals surface area contributed by atoms with Gasteiger partial charge in [-0.3, -0.25) is 4.79 Å². The van der Waals surface area contributed by atoms with E-state index < -0.39 is 22.5 Å². The van der Waals surface area contributed by atoms with Crippen LogP contribution in [0.3, 0.4) is 0 Å². The average Bonchev–Trinajstić information content (AvgIpc) is 2.34. The minimum Gasteiger partial charge on any atom is -0.369 e. The molecule has 5 N–H and O–H groups in total. The van der Waals surface area contributed by atoms with Crippen LogP contribution in [-0.4, -0.2) is 27.4 Å². The molecule has 0 aromatic heterocycles. The molecule has 18 heavy (non-hydrogen) atoms. The highest BCUT2D eigenvalue weighted by atomic mass is 32.2. The number of carbonyl (C=O) groups excluding carboxylic acids is 1. The molecule has 0 fully saturated rings. The summed E-state index contributed by atoms with van der Waals surface area (Å²) in [6.07, 6.45) is 0. The molecule has 0 atom stereocenters. The number of rotatable bonds is 4. The number of primary amides is 1. The van der Waals surface area contributed by atoms with Crippen LogP contribution in [0, 0.1) is 11.8 Å². The lowest BCUT2D eigenvalue weighted by molar-refractivity contribution is -0.116. The van der Waals surface area contributed by atoms with Crippen molar-refractivity contribution in [1.82, 2.24) is 4.72 Å². The largest absolute Gasteiger partial charge is 0.369 e. The van der Waals surface area contributed by atoms with E-state index in [9.17, 15) is 13.2 Å². The molecule has 0 saturated heterocycles. The number of sulfonamides is 1.